The SMILES string of the molecule is CC1CCN(Cc2cccc([N+](=O)[O-])c2Br)CC1N. The molecule has 0 spiro atoms. The number of nitro benzene ring substituents is 1. The highest BCUT2D eigenvalue weighted by Crippen LogP contribution is 2.29. The fourth-order valence-corrected chi connectivity index (χ4v) is 2.92. The summed E-state index contributed by atoms with van der Waals surface area (Å²) in [6.45, 7) is 4.70. The molecule has 1 aromatic rings. The van der Waals surface area contributed by atoms with Crippen molar-refractivity contribution in [3.8, 4) is 0 Å². The molecule has 0 aliphatic carbocycles. The van der Waals surface area contributed by atoms with Crippen LogP contribution in [0.15, 0.2) is 22.7 Å². The first kappa shape index (κ1) is 14.4. The second kappa shape index (κ2) is 5.98. The Morgan fingerprint density at radius 2 is 2.32 bits per heavy atom. The molecule has 0 bridgehead atoms. The highest BCUT2D eigenvalue weighted by Gasteiger charge is 2.24. The van der Waals surface area contributed by atoms with Crippen LogP contribution in [-0.2, 0) is 6.54 Å². The highest BCUT2D eigenvalue weighted by atomic mass is 79.9. The molecule has 6 heteroatoms. The van der Waals surface area contributed by atoms with Gasteiger partial charge in [-0.2, -0.15) is 0 Å². The molecular formula is C13H18BrN3O2. The van der Waals surface area contributed by atoms with E-state index in [1.54, 1.807) is 6.07 Å². The summed E-state index contributed by atoms with van der Waals surface area (Å²) in [7, 11) is 0. The van der Waals surface area contributed by atoms with Gasteiger partial charge >= 0.3 is 0 Å². The van der Waals surface area contributed by atoms with Crippen molar-refractivity contribution >= 4 is 21.6 Å². The molecule has 0 saturated carbocycles. The van der Waals surface area contributed by atoms with Gasteiger partial charge in [0.05, 0.1) is 9.40 Å². The lowest BCUT2D eigenvalue weighted by Crippen LogP contribution is -2.47. The smallest absolute Gasteiger partial charge is 0.283 e. The van der Waals surface area contributed by atoms with Gasteiger partial charge in [-0.3, -0.25) is 15.0 Å². The first-order valence-electron chi connectivity index (χ1n) is 6.38. The van der Waals surface area contributed by atoms with E-state index in [4.69, 9.17) is 5.73 Å². The lowest BCUT2D eigenvalue weighted by atomic mass is 9.94. The summed E-state index contributed by atoms with van der Waals surface area (Å²) >= 11 is 3.34. The predicted octanol–water partition coefficient (Wildman–Crippen LogP) is 2.53. The number of hydrogen-bond acceptors (Lipinski definition) is 4. The van der Waals surface area contributed by atoms with Crippen molar-refractivity contribution in [1.29, 1.82) is 0 Å². The van der Waals surface area contributed by atoms with Crippen molar-refractivity contribution < 1.29 is 4.92 Å². The fourth-order valence-electron chi connectivity index (χ4n) is 2.38. The Balaban J connectivity index is 2.11. The quantitative estimate of drug-likeness (QED) is 0.684. The third-order valence-corrected chi connectivity index (χ3v) is 4.67. The Morgan fingerprint density at radius 1 is 1.58 bits per heavy atom. The summed E-state index contributed by atoms with van der Waals surface area (Å²) in [5.41, 5.74) is 7.14. The molecule has 104 valence electrons. The van der Waals surface area contributed by atoms with E-state index in [9.17, 15) is 10.1 Å². The molecule has 5 nitrogen and oxygen atoms in total. The maximum absolute atomic E-state index is 10.9. The maximum atomic E-state index is 10.9. The topological polar surface area (TPSA) is 72.4 Å². The van der Waals surface area contributed by atoms with Crippen LogP contribution in [0.3, 0.4) is 0 Å². The molecule has 1 saturated heterocycles. The zero-order valence-electron chi connectivity index (χ0n) is 10.9. The number of nitrogens with two attached hydrogens (primary N) is 1. The van der Waals surface area contributed by atoms with E-state index >= 15 is 0 Å². The van der Waals surface area contributed by atoms with Gasteiger partial charge in [-0.25, -0.2) is 0 Å². The first-order chi connectivity index (χ1) is 8.99. The van der Waals surface area contributed by atoms with Gasteiger partial charge in [-0.1, -0.05) is 19.1 Å². The van der Waals surface area contributed by atoms with Gasteiger partial charge < -0.3 is 5.73 Å². The second-order valence-electron chi connectivity index (χ2n) is 5.17. The third kappa shape index (κ3) is 3.32. The van der Waals surface area contributed by atoms with E-state index in [0.29, 0.717) is 16.9 Å². The van der Waals surface area contributed by atoms with Gasteiger partial charge in [-0.05, 0) is 40.4 Å². The van der Waals surface area contributed by atoms with Gasteiger partial charge in [0.25, 0.3) is 5.69 Å². The second-order valence-corrected chi connectivity index (χ2v) is 5.97. The molecular weight excluding hydrogens is 310 g/mol. The predicted molar refractivity (Wildman–Crippen MR) is 77.8 cm³/mol. The first-order valence-corrected chi connectivity index (χ1v) is 7.18. The zero-order valence-corrected chi connectivity index (χ0v) is 12.5. The Labute approximate surface area is 121 Å². The molecule has 1 aliphatic rings. The van der Waals surface area contributed by atoms with Crippen LogP contribution >= 0.6 is 15.9 Å². The molecule has 19 heavy (non-hydrogen) atoms. The third-order valence-electron chi connectivity index (χ3n) is 3.75. The summed E-state index contributed by atoms with van der Waals surface area (Å²) in [5.74, 6) is 0.546. The van der Waals surface area contributed by atoms with Crippen molar-refractivity contribution in [3.63, 3.8) is 0 Å². The van der Waals surface area contributed by atoms with Gasteiger partial charge in [0, 0.05) is 25.2 Å². The molecule has 2 atom stereocenters. The number of benzene rings is 1. The molecule has 1 aromatic carbocycles. The molecule has 2 unspecified atom stereocenters. The monoisotopic (exact) mass is 327 g/mol. The number of rotatable bonds is 3. The number of piperidine rings is 1. The van der Waals surface area contributed by atoms with E-state index in [-0.39, 0.29) is 16.7 Å². The summed E-state index contributed by atoms with van der Waals surface area (Å²) < 4.78 is 0.576. The largest absolute Gasteiger partial charge is 0.326 e. The fraction of sp³-hybridized carbons (Fsp3) is 0.538. The van der Waals surface area contributed by atoms with Crippen LogP contribution in [0.4, 0.5) is 5.69 Å². The number of likely N-dealkylation sites (tertiary alicyclic amines) is 1. The van der Waals surface area contributed by atoms with Crippen LogP contribution in [-0.4, -0.2) is 29.0 Å². The van der Waals surface area contributed by atoms with Crippen LogP contribution in [0.2, 0.25) is 0 Å². The maximum Gasteiger partial charge on any atom is 0.283 e. The number of nitro groups is 1. The zero-order chi connectivity index (χ0) is 14.0. The Kier molecular flexibility index (Phi) is 4.54. The number of halogens is 1. The normalized spacial score (nSPS) is 24.4. The van der Waals surface area contributed by atoms with E-state index in [2.05, 4.69) is 27.8 Å². The summed E-state index contributed by atoms with van der Waals surface area (Å²) in [4.78, 5) is 12.8. The van der Waals surface area contributed by atoms with Crippen molar-refractivity contribution in [2.45, 2.75) is 25.9 Å². The van der Waals surface area contributed by atoms with E-state index in [1.165, 1.54) is 6.07 Å². The van der Waals surface area contributed by atoms with E-state index in [1.807, 2.05) is 6.07 Å². The van der Waals surface area contributed by atoms with Gasteiger partial charge in [0.1, 0.15) is 0 Å². The Morgan fingerprint density at radius 3 is 2.95 bits per heavy atom. The molecule has 0 aromatic heterocycles. The number of hydrogen-bond donors (Lipinski definition) is 1. The van der Waals surface area contributed by atoms with Crippen LogP contribution in [0.1, 0.15) is 18.9 Å². The molecule has 0 amide bonds. The minimum Gasteiger partial charge on any atom is -0.326 e. The minimum absolute atomic E-state index is 0.118. The van der Waals surface area contributed by atoms with Crippen LogP contribution in [0.5, 0.6) is 0 Å². The minimum atomic E-state index is -0.363. The Bertz CT molecular complexity index is 481. The molecule has 0 radical (unpaired) electrons. The average molecular weight is 328 g/mol. The van der Waals surface area contributed by atoms with Crippen molar-refractivity contribution in [2.75, 3.05) is 13.1 Å². The van der Waals surface area contributed by atoms with Gasteiger partial charge in [0.15, 0.2) is 0 Å². The van der Waals surface area contributed by atoms with Gasteiger partial charge in [-0.15, -0.1) is 0 Å². The molecule has 1 fully saturated rings. The van der Waals surface area contributed by atoms with Crippen LogP contribution < -0.4 is 5.73 Å². The lowest BCUT2D eigenvalue weighted by Gasteiger charge is -2.35. The summed E-state index contributed by atoms with van der Waals surface area (Å²) in [5, 5.41) is 10.9. The van der Waals surface area contributed by atoms with E-state index < -0.39 is 0 Å². The van der Waals surface area contributed by atoms with Crippen LogP contribution in [0.25, 0.3) is 0 Å². The van der Waals surface area contributed by atoms with Crippen molar-refractivity contribution in [1.82, 2.24) is 4.90 Å². The lowest BCUT2D eigenvalue weighted by molar-refractivity contribution is -0.385. The molecule has 1 heterocycles. The number of nitrogens with zero attached hydrogens (tertiary/aromatic N) is 2. The molecule has 2 rings (SSSR count). The molecule has 1 aliphatic heterocycles. The standard InChI is InChI=1S/C13H18BrN3O2/c1-9-5-6-16(8-11(9)15)7-10-3-2-4-12(13(10)14)17(18)19/h2-4,9,11H,5-8,15H2,1H3. The van der Waals surface area contributed by atoms with Gasteiger partial charge in [0.2, 0.25) is 0 Å². The average Bonchev–Trinajstić information content (AvgIpc) is 2.36. The molecule has 2 N–H and O–H groups in total. The van der Waals surface area contributed by atoms with Crippen molar-refractivity contribution in [2.24, 2.45) is 11.7 Å². The highest BCUT2D eigenvalue weighted by molar-refractivity contribution is 9.10. The summed E-state index contributed by atoms with van der Waals surface area (Å²) in [6.07, 6.45) is 1.08. The summed E-state index contributed by atoms with van der Waals surface area (Å²) in [6, 6.07) is 5.34. The van der Waals surface area contributed by atoms with Crippen LogP contribution in [0, 0.1) is 16.0 Å². The van der Waals surface area contributed by atoms with Crippen molar-refractivity contribution in [3.05, 3.63) is 38.3 Å². The Hall–Kier alpha value is -0.980. The van der Waals surface area contributed by atoms with E-state index in [0.717, 1.165) is 25.1 Å².